The Morgan fingerprint density at radius 1 is 1.06 bits per heavy atom. The maximum atomic E-state index is 12.7. The highest BCUT2D eigenvalue weighted by molar-refractivity contribution is 7.88. The predicted molar refractivity (Wildman–Crippen MR) is 110 cm³/mol. The molecule has 0 radical (unpaired) electrons. The van der Waals surface area contributed by atoms with E-state index in [4.69, 9.17) is 0 Å². The Labute approximate surface area is 179 Å². The summed E-state index contributed by atoms with van der Waals surface area (Å²) in [5, 5.41) is 2.66. The maximum absolute atomic E-state index is 12.7. The van der Waals surface area contributed by atoms with Crippen LogP contribution in [0.25, 0.3) is 0 Å². The van der Waals surface area contributed by atoms with E-state index in [1.54, 1.807) is 12.1 Å². The second-order valence-corrected chi connectivity index (χ2v) is 9.45. The fraction of sp³-hybridized carbons (Fsp3) is 0.381. The summed E-state index contributed by atoms with van der Waals surface area (Å²) in [6.45, 7) is 2.41. The van der Waals surface area contributed by atoms with Gasteiger partial charge in [-0.1, -0.05) is 29.8 Å². The normalized spacial score (nSPS) is 16.1. The number of benzene rings is 2. The average molecular weight is 456 g/mol. The first kappa shape index (κ1) is 23.1. The standard InChI is InChI=1S/C21H23F3N2O4S/c1-15-2-4-16(5-3-15)14-31(28,29)26-12-10-17(11-13-26)20(27)25-18-6-8-19(9-7-18)30-21(22,23)24/h2-9,17H,10-14H2,1H3,(H,25,27). The molecule has 3 rings (SSSR count). The van der Waals surface area contributed by atoms with E-state index in [0.29, 0.717) is 24.1 Å². The Balaban J connectivity index is 1.51. The molecule has 1 aliphatic heterocycles. The lowest BCUT2D eigenvalue weighted by Crippen LogP contribution is -2.41. The van der Waals surface area contributed by atoms with Crippen LogP contribution in [0.15, 0.2) is 48.5 Å². The molecule has 2 aromatic rings. The zero-order valence-electron chi connectivity index (χ0n) is 16.9. The highest BCUT2D eigenvalue weighted by Crippen LogP contribution is 2.26. The van der Waals surface area contributed by atoms with Gasteiger partial charge in [0.05, 0.1) is 5.75 Å². The average Bonchev–Trinajstić information content (AvgIpc) is 2.70. The lowest BCUT2D eigenvalue weighted by atomic mass is 9.97. The van der Waals surface area contributed by atoms with Crippen molar-refractivity contribution in [2.24, 2.45) is 5.92 Å². The van der Waals surface area contributed by atoms with Crippen molar-refractivity contribution in [1.82, 2.24) is 4.31 Å². The maximum Gasteiger partial charge on any atom is 0.573 e. The number of ether oxygens (including phenoxy) is 1. The van der Waals surface area contributed by atoms with Crippen molar-refractivity contribution in [2.45, 2.75) is 31.9 Å². The molecule has 0 aromatic heterocycles. The lowest BCUT2D eigenvalue weighted by molar-refractivity contribution is -0.274. The quantitative estimate of drug-likeness (QED) is 0.711. The van der Waals surface area contributed by atoms with Crippen molar-refractivity contribution in [2.75, 3.05) is 18.4 Å². The minimum absolute atomic E-state index is 0.0868. The topological polar surface area (TPSA) is 75.7 Å². The number of carbonyl (C=O) groups is 1. The third kappa shape index (κ3) is 6.70. The SMILES string of the molecule is Cc1ccc(CS(=O)(=O)N2CCC(C(=O)Nc3ccc(OC(F)(F)F)cc3)CC2)cc1. The molecule has 0 unspecified atom stereocenters. The van der Waals surface area contributed by atoms with Gasteiger partial charge in [-0.3, -0.25) is 4.79 Å². The van der Waals surface area contributed by atoms with Crippen LogP contribution in [0.3, 0.4) is 0 Å². The number of hydrogen-bond acceptors (Lipinski definition) is 4. The molecule has 1 amide bonds. The number of hydrogen-bond donors (Lipinski definition) is 1. The molecule has 0 spiro atoms. The van der Waals surface area contributed by atoms with Crippen molar-refractivity contribution in [1.29, 1.82) is 0 Å². The molecule has 1 fully saturated rings. The first-order chi connectivity index (χ1) is 14.5. The Morgan fingerprint density at radius 2 is 1.65 bits per heavy atom. The minimum Gasteiger partial charge on any atom is -0.406 e. The molecule has 0 bridgehead atoms. The Hall–Kier alpha value is -2.59. The fourth-order valence-corrected chi connectivity index (χ4v) is 4.93. The van der Waals surface area contributed by atoms with Gasteiger partial charge in [-0.15, -0.1) is 13.2 Å². The molecule has 2 aromatic carbocycles. The monoisotopic (exact) mass is 456 g/mol. The second kappa shape index (κ2) is 9.27. The van der Waals surface area contributed by atoms with E-state index < -0.39 is 16.4 Å². The number of anilines is 1. The third-order valence-electron chi connectivity index (χ3n) is 5.04. The van der Waals surface area contributed by atoms with Gasteiger partial charge in [0.1, 0.15) is 5.75 Å². The zero-order valence-corrected chi connectivity index (χ0v) is 17.7. The van der Waals surface area contributed by atoms with E-state index in [1.165, 1.54) is 16.4 Å². The van der Waals surface area contributed by atoms with E-state index in [2.05, 4.69) is 10.1 Å². The molecular formula is C21H23F3N2O4S. The number of alkyl halides is 3. The minimum atomic E-state index is -4.78. The Bertz CT molecular complexity index is 998. The third-order valence-corrected chi connectivity index (χ3v) is 6.89. The number of piperidine rings is 1. The van der Waals surface area contributed by atoms with Crippen LogP contribution in [0.2, 0.25) is 0 Å². The summed E-state index contributed by atoms with van der Waals surface area (Å²) in [6.07, 6.45) is -4.04. The van der Waals surface area contributed by atoms with Crippen molar-refractivity contribution in [3.63, 3.8) is 0 Å². The van der Waals surface area contributed by atoms with Gasteiger partial charge < -0.3 is 10.1 Å². The van der Waals surface area contributed by atoms with Crippen LogP contribution in [-0.4, -0.2) is 38.1 Å². The van der Waals surface area contributed by atoms with E-state index in [9.17, 15) is 26.4 Å². The van der Waals surface area contributed by atoms with E-state index >= 15 is 0 Å². The first-order valence-electron chi connectivity index (χ1n) is 9.72. The molecule has 1 N–H and O–H groups in total. The molecule has 10 heteroatoms. The molecule has 0 aliphatic carbocycles. The first-order valence-corrected chi connectivity index (χ1v) is 11.3. The van der Waals surface area contributed by atoms with E-state index in [0.717, 1.165) is 17.7 Å². The van der Waals surface area contributed by atoms with Crippen LogP contribution in [0.1, 0.15) is 24.0 Å². The molecule has 31 heavy (non-hydrogen) atoms. The number of carbonyl (C=O) groups excluding carboxylic acids is 1. The predicted octanol–water partition coefficient (Wildman–Crippen LogP) is 4.07. The van der Waals surface area contributed by atoms with Gasteiger partial charge in [-0.05, 0) is 49.6 Å². The smallest absolute Gasteiger partial charge is 0.406 e. The van der Waals surface area contributed by atoms with E-state index in [-0.39, 0.29) is 36.4 Å². The summed E-state index contributed by atoms with van der Waals surface area (Å²) < 4.78 is 67.2. The van der Waals surface area contributed by atoms with Gasteiger partial charge in [0, 0.05) is 24.7 Å². The summed E-state index contributed by atoms with van der Waals surface area (Å²) >= 11 is 0. The highest BCUT2D eigenvalue weighted by Gasteiger charge is 2.32. The highest BCUT2D eigenvalue weighted by atomic mass is 32.2. The fourth-order valence-electron chi connectivity index (χ4n) is 3.37. The van der Waals surface area contributed by atoms with Gasteiger partial charge in [0.15, 0.2) is 0 Å². The van der Waals surface area contributed by atoms with Crippen molar-refractivity contribution < 1.29 is 31.1 Å². The zero-order chi connectivity index (χ0) is 22.6. The Morgan fingerprint density at radius 3 is 2.19 bits per heavy atom. The number of amides is 1. The number of aryl methyl sites for hydroxylation is 1. The van der Waals surface area contributed by atoms with Crippen LogP contribution in [0.5, 0.6) is 5.75 Å². The molecule has 6 nitrogen and oxygen atoms in total. The van der Waals surface area contributed by atoms with Crippen LogP contribution < -0.4 is 10.1 Å². The molecule has 168 valence electrons. The van der Waals surface area contributed by atoms with Crippen LogP contribution in [0, 0.1) is 12.8 Å². The van der Waals surface area contributed by atoms with E-state index in [1.807, 2.05) is 19.1 Å². The molecule has 1 heterocycles. The number of sulfonamides is 1. The van der Waals surface area contributed by atoms with Gasteiger partial charge in [-0.2, -0.15) is 0 Å². The molecular weight excluding hydrogens is 433 g/mol. The second-order valence-electron chi connectivity index (χ2n) is 7.48. The van der Waals surface area contributed by atoms with Crippen LogP contribution in [0.4, 0.5) is 18.9 Å². The van der Waals surface area contributed by atoms with Gasteiger partial charge >= 0.3 is 6.36 Å². The van der Waals surface area contributed by atoms with Crippen molar-refractivity contribution in [3.8, 4) is 5.75 Å². The number of nitrogens with zero attached hydrogens (tertiary/aromatic N) is 1. The summed E-state index contributed by atoms with van der Waals surface area (Å²) in [7, 11) is -3.48. The van der Waals surface area contributed by atoms with Gasteiger partial charge in [0.2, 0.25) is 15.9 Å². The Kier molecular flexibility index (Phi) is 6.90. The van der Waals surface area contributed by atoms with Gasteiger partial charge in [-0.25, -0.2) is 12.7 Å². The number of rotatable bonds is 6. The van der Waals surface area contributed by atoms with Crippen LogP contribution >= 0.6 is 0 Å². The summed E-state index contributed by atoms with van der Waals surface area (Å²) in [5.74, 6) is -1.13. The molecule has 1 aliphatic rings. The molecule has 0 atom stereocenters. The number of nitrogens with one attached hydrogen (secondary N) is 1. The lowest BCUT2D eigenvalue weighted by Gasteiger charge is -2.30. The van der Waals surface area contributed by atoms with Gasteiger partial charge in [0.25, 0.3) is 0 Å². The summed E-state index contributed by atoms with van der Waals surface area (Å²) in [4.78, 5) is 12.5. The summed E-state index contributed by atoms with van der Waals surface area (Å²) in [6, 6.07) is 12.2. The largest absolute Gasteiger partial charge is 0.573 e. The van der Waals surface area contributed by atoms with Crippen molar-refractivity contribution >= 4 is 21.6 Å². The molecule has 0 saturated carbocycles. The number of halogens is 3. The van der Waals surface area contributed by atoms with Crippen molar-refractivity contribution in [3.05, 3.63) is 59.7 Å². The van der Waals surface area contributed by atoms with Crippen LogP contribution in [-0.2, 0) is 20.6 Å². The molecule has 1 saturated heterocycles. The summed E-state index contributed by atoms with van der Waals surface area (Å²) in [5.41, 5.74) is 2.10.